The van der Waals surface area contributed by atoms with Crippen molar-refractivity contribution >= 4 is 11.6 Å². The van der Waals surface area contributed by atoms with Crippen molar-refractivity contribution in [2.75, 3.05) is 31.1 Å². The summed E-state index contributed by atoms with van der Waals surface area (Å²) in [6.07, 6.45) is 1.01. The molecule has 0 unspecified atom stereocenters. The molecule has 92 valence electrons. The molecule has 0 radical (unpaired) electrons. The predicted molar refractivity (Wildman–Crippen MR) is 70.3 cm³/mol. The number of hydrogen-bond donors (Lipinski definition) is 0. The number of likely N-dealkylation sites (N-methyl/N-ethyl adjacent to an activating group) is 1. The number of benzene rings is 1. The molecule has 1 aromatic rings. The summed E-state index contributed by atoms with van der Waals surface area (Å²) < 4.78 is 0. The zero-order valence-corrected chi connectivity index (χ0v) is 10.6. The number of carbonyl (C=O) groups excluding carboxylic acids is 1. The van der Waals surface area contributed by atoms with Gasteiger partial charge < -0.3 is 9.80 Å². The van der Waals surface area contributed by atoms with Gasteiger partial charge in [-0.15, -0.1) is 0 Å². The zero-order chi connectivity index (χ0) is 12.3. The molecule has 3 nitrogen and oxygen atoms in total. The fourth-order valence-corrected chi connectivity index (χ4v) is 2.37. The molecule has 1 fully saturated rings. The predicted octanol–water partition coefficient (Wildman–Crippen LogP) is 1.92. The van der Waals surface area contributed by atoms with E-state index < -0.39 is 0 Å². The summed E-state index contributed by atoms with van der Waals surface area (Å²) in [5, 5.41) is 0. The van der Waals surface area contributed by atoms with E-state index in [-0.39, 0.29) is 5.91 Å². The lowest BCUT2D eigenvalue weighted by Crippen LogP contribution is -2.50. The lowest BCUT2D eigenvalue weighted by molar-refractivity contribution is -0.130. The summed E-state index contributed by atoms with van der Waals surface area (Å²) in [5.74, 6) is 0.240. The monoisotopic (exact) mass is 232 g/mol. The van der Waals surface area contributed by atoms with E-state index in [0.29, 0.717) is 6.54 Å². The van der Waals surface area contributed by atoms with Crippen LogP contribution in [-0.2, 0) is 11.2 Å². The van der Waals surface area contributed by atoms with Gasteiger partial charge in [0.1, 0.15) is 0 Å². The molecule has 1 saturated heterocycles. The first-order valence-corrected chi connectivity index (χ1v) is 6.36. The standard InChI is InChI=1S/C14H20N2O/c1-3-12-7-5-6-8-13(12)16-10-9-15(4-2)14(17)11-16/h5-8H,3-4,9-11H2,1-2H3. The molecule has 3 heteroatoms. The van der Waals surface area contributed by atoms with Crippen molar-refractivity contribution in [3.63, 3.8) is 0 Å². The number of hydrogen-bond acceptors (Lipinski definition) is 2. The van der Waals surface area contributed by atoms with Crippen LogP contribution in [0.3, 0.4) is 0 Å². The Balaban J connectivity index is 2.16. The highest BCUT2D eigenvalue weighted by molar-refractivity contribution is 5.83. The van der Waals surface area contributed by atoms with Crippen LogP contribution in [0.15, 0.2) is 24.3 Å². The minimum absolute atomic E-state index is 0.240. The van der Waals surface area contributed by atoms with Gasteiger partial charge in [0.2, 0.25) is 5.91 Å². The van der Waals surface area contributed by atoms with Gasteiger partial charge in [0, 0.05) is 25.3 Å². The number of piperazine rings is 1. The second-order valence-corrected chi connectivity index (χ2v) is 4.38. The maximum atomic E-state index is 11.9. The number of carbonyl (C=O) groups is 1. The minimum atomic E-state index is 0.240. The van der Waals surface area contributed by atoms with E-state index in [1.165, 1.54) is 11.3 Å². The van der Waals surface area contributed by atoms with Crippen LogP contribution in [0.4, 0.5) is 5.69 Å². The van der Waals surface area contributed by atoms with Crippen molar-refractivity contribution < 1.29 is 4.79 Å². The average Bonchev–Trinajstić information content (AvgIpc) is 2.38. The summed E-state index contributed by atoms with van der Waals surface area (Å²) in [4.78, 5) is 16.0. The molecule has 0 bridgehead atoms. The molecule has 1 aliphatic rings. The van der Waals surface area contributed by atoms with Gasteiger partial charge in [-0.3, -0.25) is 4.79 Å². The average molecular weight is 232 g/mol. The second-order valence-electron chi connectivity index (χ2n) is 4.38. The molecule has 0 atom stereocenters. The number of aryl methyl sites for hydroxylation is 1. The molecule has 0 aliphatic carbocycles. The fraction of sp³-hybridized carbons (Fsp3) is 0.500. The van der Waals surface area contributed by atoms with Crippen LogP contribution in [0.25, 0.3) is 0 Å². The Bertz CT molecular complexity index is 403. The molecule has 17 heavy (non-hydrogen) atoms. The molecule has 1 aromatic carbocycles. The fourth-order valence-electron chi connectivity index (χ4n) is 2.37. The Labute approximate surface area is 103 Å². The highest BCUT2D eigenvalue weighted by Crippen LogP contribution is 2.22. The minimum Gasteiger partial charge on any atom is -0.360 e. The molecular formula is C14H20N2O. The molecule has 1 amide bonds. The summed E-state index contributed by atoms with van der Waals surface area (Å²) in [7, 11) is 0. The molecular weight excluding hydrogens is 212 g/mol. The van der Waals surface area contributed by atoms with Crippen LogP contribution in [0.1, 0.15) is 19.4 Å². The highest BCUT2D eigenvalue weighted by Gasteiger charge is 2.23. The normalized spacial score (nSPS) is 16.5. The third kappa shape index (κ3) is 2.43. The third-order valence-corrected chi connectivity index (χ3v) is 3.41. The first kappa shape index (κ1) is 12.0. The largest absolute Gasteiger partial charge is 0.360 e. The Morgan fingerprint density at radius 3 is 2.59 bits per heavy atom. The Kier molecular flexibility index (Phi) is 3.67. The van der Waals surface area contributed by atoms with Crippen LogP contribution in [0, 0.1) is 0 Å². The van der Waals surface area contributed by atoms with Gasteiger partial charge in [0.25, 0.3) is 0 Å². The van der Waals surface area contributed by atoms with E-state index in [2.05, 4.69) is 30.0 Å². The van der Waals surface area contributed by atoms with E-state index in [1.54, 1.807) is 0 Å². The van der Waals surface area contributed by atoms with Crippen LogP contribution in [0.2, 0.25) is 0 Å². The molecule has 1 heterocycles. The van der Waals surface area contributed by atoms with Crippen LogP contribution >= 0.6 is 0 Å². The van der Waals surface area contributed by atoms with Crippen LogP contribution in [-0.4, -0.2) is 37.0 Å². The van der Waals surface area contributed by atoms with E-state index in [9.17, 15) is 4.79 Å². The Morgan fingerprint density at radius 2 is 1.94 bits per heavy atom. The lowest BCUT2D eigenvalue weighted by atomic mass is 10.1. The van der Waals surface area contributed by atoms with Crippen molar-refractivity contribution in [2.45, 2.75) is 20.3 Å². The first-order valence-electron chi connectivity index (χ1n) is 6.36. The van der Waals surface area contributed by atoms with E-state index in [0.717, 1.165) is 26.1 Å². The Morgan fingerprint density at radius 1 is 1.18 bits per heavy atom. The van der Waals surface area contributed by atoms with Gasteiger partial charge in [-0.1, -0.05) is 25.1 Å². The lowest BCUT2D eigenvalue weighted by Gasteiger charge is -2.36. The highest BCUT2D eigenvalue weighted by atomic mass is 16.2. The molecule has 0 spiro atoms. The summed E-state index contributed by atoms with van der Waals surface area (Å²) >= 11 is 0. The SMILES string of the molecule is CCc1ccccc1N1CCN(CC)C(=O)C1. The number of anilines is 1. The molecule has 0 aromatic heterocycles. The van der Waals surface area contributed by atoms with E-state index in [1.807, 2.05) is 17.9 Å². The quantitative estimate of drug-likeness (QED) is 0.795. The number of rotatable bonds is 3. The maximum Gasteiger partial charge on any atom is 0.242 e. The van der Waals surface area contributed by atoms with Gasteiger partial charge in [-0.25, -0.2) is 0 Å². The molecule has 0 saturated carbocycles. The van der Waals surface area contributed by atoms with Crippen molar-refractivity contribution in [3.05, 3.63) is 29.8 Å². The number of nitrogens with zero attached hydrogens (tertiary/aromatic N) is 2. The summed E-state index contributed by atoms with van der Waals surface area (Å²) in [6, 6.07) is 8.37. The van der Waals surface area contributed by atoms with Crippen molar-refractivity contribution in [2.24, 2.45) is 0 Å². The van der Waals surface area contributed by atoms with E-state index >= 15 is 0 Å². The van der Waals surface area contributed by atoms with Crippen molar-refractivity contribution in [3.8, 4) is 0 Å². The third-order valence-electron chi connectivity index (χ3n) is 3.41. The molecule has 2 rings (SSSR count). The Hall–Kier alpha value is -1.51. The van der Waals surface area contributed by atoms with Crippen molar-refractivity contribution in [1.29, 1.82) is 0 Å². The van der Waals surface area contributed by atoms with Crippen molar-refractivity contribution in [1.82, 2.24) is 4.90 Å². The van der Waals surface area contributed by atoms with E-state index in [4.69, 9.17) is 0 Å². The van der Waals surface area contributed by atoms with Crippen LogP contribution in [0.5, 0.6) is 0 Å². The van der Waals surface area contributed by atoms with Gasteiger partial charge in [0.05, 0.1) is 6.54 Å². The number of amides is 1. The smallest absolute Gasteiger partial charge is 0.242 e. The summed E-state index contributed by atoms with van der Waals surface area (Å²) in [5.41, 5.74) is 2.55. The van der Waals surface area contributed by atoms with Gasteiger partial charge in [-0.2, -0.15) is 0 Å². The van der Waals surface area contributed by atoms with Gasteiger partial charge >= 0.3 is 0 Å². The molecule has 0 N–H and O–H groups in total. The van der Waals surface area contributed by atoms with Gasteiger partial charge in [0.15, 0.2) is 0 Å². The zero-order valence-electron chi connectivity index (χ0n) is 10.6. The molecule has 1 aliphatic heterocycles. The first-order chi connectivity index (χ1) is 8.26. The van der Waals surface area contributed by atoms with Crippen LogP contribution < -0.4 is 4.90 Å². The number of para-hydroxylation sites is 1. The second kappa shape index (κ2) is 5.21. The summed E-state index contributed by atoms with van der Waals surface area (Å²) in [6.45, 7) is 7.31. The van der Waals surface area contributed by atoms with Gasteiger partial charge in [-0.05, 0) is 25.0 Å². The maximum absolute atomic E-state index is 11.9. The topological polar surface area (TPSA) is 23.6 Å².